The Labute approximate surface area is 210 Å². The number of benzene rings is 2. The van der Waals surface area contributed by atoms with Gasteiger partial charge in [0.2, 0.25) is 0 Å². The summed E-state index contributed by atoms with van der Waals surface area (Å²) in [4.78, 5) is 22.0. The van der Waals surface area contributed by atoms with Crippen molar-refractivity contribution in [2.24, 2.45) is 4.99 Å². The zero-order valence-corrected chi connectivity index (χ0v) is 20.6. The van der Waals surface area contributed by atoms with Gasteiger partial charge in [0.05, 0.1) is 18.9 Å². The van der Waals surface area contributed by atoms with Gasteiger partial charge in [0.1, 0.15) is 28.7 Å². The lowest BCUT2D eigenvalue weighted by Gasteiger charge is -2.43. The summed E-state index contributed by atoms with van der Waals surface area (Å²) >= 11 is 0. The Morgan fingerprint density at radius 2 is 1.92 bits per heavy atom. The van der Waals surface area contributed by atoms with E-state index in [1.807, 2.05) is 38.1 Å². The van der Waals surface area contributed by atoms with Crippen LogP contribution >= 0.6 is 0 Å². The Morgan fingerprint density at radius 3 is 2.64 bits per heavy atom. The Kier molecular flexibility index (Phi) is 6.78. The van der Waals surface area contributed by atoms with Crippen molar-refractivity contribution in [2.75, 3.05) is 18.0 Å². The van der Waals surface area contributed by atoms with Crippen molar-refractivity contribution in [1.82, 2.24) is 10.2 Å². The number of carbonyl (C=O) groups excluding carboxylic acids is 1. The number of amides is 2. The van der Waals surface area contributed by atoms with E-state index in [1.165, 1.54) is 17.7 Å². The van der Waals surface area contributed by atoms with Gasteiger partial charge in [-0.15, -0.1) is 0 Å². The summed E-state index contributed by atoms with van der Waals surface area (Å²) in [6, 6.07) is 17.8. The molecule has 36 heavy (non-hydrogen) atoms. The highest BCUT2D eigenvalue weighted by Gasteiger charge is 2.53. The van der Waals surface area contributed by atoms with E-state index in [2.05, 4.69) is 22.3 Å². The number of ether oxygens (including phenoxy) is 1. The van der Waals surface area contributed by atoms with Gasteiger partial charge in [-0.3, -0.25) is 20.1 Å². The Bertz CT molecular complexity index is 1230. The van der Waals surface area contributed by atoms with Crippen molar-refractivity contribution in [3.8, 4) is 5.75 Å². The minimum Gasteiger partial charge on any atom is -0.491 e. The van der Waals surface area contributed by atoms with Crippen molar-refractivity contribution < 1.29 is 18.3 Å². The first kappa shape index (κ1) is 24.1. The quantitative estimate of drug-likeness (QED) is 0.484. The molecule has 0 unspecified atom stereocenters. The standard InChI is InChI=1S/C28H31FN4O3/c1-20(2)36-24-9-3-6-21(16-24)19-32-13-11-28(12-14-32)26(30-18-25-10-5-15-35-25)31-27(34)33(28)23-8-4-7-22(29)17-23/h3-10,15-17,20H,11-14,18-19H2,1-2H3,(H,30,31,34). The molecule has 2 aliphatic rings. The maximum Gasteiger partial charge on any atom is 0.328 e. The van der Waals surface area contributed by atoms with Crippen LogP contribution in [0.1, 0.15) is 38.0 Å². The van der Waals surface area contributed by atoms with Crippen LogP contribution in [-0.4, -0.2) is 41.5 Å². The number of halogens is 1. The average molecular weight is 491 g/mol. The molecule has 0 aliphatic carbocycles. The van der Waals surface area contributed by atoms with Crippen LogP contribution in [0.2, 0.25) is 0 Å². The minimum atomic E-state index is -0.670. The fraction of sp³-hybridized carbons (Fsp3) is 0.357. The number of aliphatic imine (C=N–C) groups is 1. The van der Waals surface area contributed by atoms with Gasteiger partial charge in [-0.1, -0.05) is 18.2 Å². The summed E-state index contributed by atoms with van der Waals surface area (Å²) in [5, 5.41) is 2.97. The molecule has 8 heteroatoms. The first-order chi connectivity index (χ1) is 17.4. The first-order valence-corrected chi connectivity index (χ1v) is 12.3. The van der Waals surface area contributed by atoms with Gasteiger partial charge < -0.3 is 9.15 Å². The highest BCUT2D eigenvalue weighted by Crippen LogP contribution is 2.38. The number of piperidine rings is 1. The van der Waals surface area contributed by atoms with E-state index >= 15 is 0 Å². The normalized spacial score (nSPS) is 18.8. The summed E-state index contributed by atoms with van der Waals surface area (Å²) in [5.74, 6) is 1.82. The minimum absolute atomic E-state index is 0.121. The predicted molar refractivity (Wildman–Crippen MR) is 137 cm³/mol. The Hall–Kier alpha value is -3.65. The van der Waals surface area contributed by atoms with Crippen LogP contribution in [0, 0.1) is 5.82 Å². The van der Waals surface area contributed by atoms with Crippen molar-refractivity contribution in [3.05, 3.63) is 84.1 Å². The monoisotopic (exact) mass is 490 g/mol. The van der Waals surface area contributed by atoms with Crippen LogP contribution < -0.4 is 15.0 Å². The van der Waals surface area contributed by atoms with Crippen molar-refractivity contribution in [3.63, 3.8) is 0 Å². The molecule has 1 spiro atoms. The zero-order chi connectivity index (χ0) is 25.1. The van der Waals surface area contributed by atoms with E-state index in [4.69, 9.17) is 14.1 Å². The summed E-state index contributed by atoms with van der Waals surface area (Å²) in [7, 11) is 0. The van der Waals surface area contributed by atoms with Crippen LogP contribution in [0.5, 0.6) is 5.75 Å². The lowest BCUT2D eigenvalue weighted by Crippen LogP contribution is -2.56. The number of hydrogen-bond acceptors (Lipinski definition) is 5. The van der Waals surface area contributed by atoms with Crippen molar-refractivity contribution in [2.45, 2.75) is 51.4 Å². The number of likely N-dealkylation sites (tertiary alicyclic amines) is 1. The molecule has 1 N–H and O–H groups in total. The predicted octanol–water partition coefficient (Wildman–Crippen LogP) is 5.37. The van der Waals surface area contributed by atoms with Gasteiger partial charge in [0.25, 0.3) is 0 Å². The summed E-state index contributed by atoms with van der Waals surface area (Å²) in [5.41, 5.74) is 1.04. The SMILES string of the molecule is CC(C)Oc1cccc(CN2CCC3(CC2)C(=NCc2ccco2)NC(=O)N3c2cccc(F)c2)c1. The van der Waals surface area contributed by atoms with Crippen LogP contribution in [-0.2, 0) is 13.1 Å². The van der Waals surface area contributed by atoms with E-state index in [9.17, 15) is 9.18 Å². The Balaban J connectivity index is 1.38. The third-order valence-corrected chi connectivity index (χ3v) is 6.70. The maximum atomic E-state index is 14.1. The average Bonchev–Trinajstić information content (AvgIpc) is 3.45. The van der Waals surface area contributed by atoms with Gasteiger partial charge >= 0.3 is 6.03 Å². The third-order valence-electron chi connectivity index (χ3n) is 6.70. The fourth-order valence-electron chi connectivity index (χ4n) is 5.09. The summed E-state index contributed by atoms with van der Waals surface area (Å²) < 4.78 is 25.4. The molecule has 5 rings (SSSR count). The van der Waals surface area contributed by atoms with Crippen LogP contribution in [0.3, 0.4) is 0 Å². The highest BCUT2D eigenvalue weighted by atomic mass is 19.1. The van der Waals surface area contributed by atoms with E-state index in [0.29, 0.717) is 30.9 Å². The molecular formula is C28H31FN4O3. The number of urea groups is 1. The number of amidine groups is 1. The summed E-state index contributed by atoms with van der Waals surface area (Å²) in [6.45, 7) is 6.66. The molecule has 0 bridgehead atoms. The molecule has 2 aliphatic heterocycles. The van der Waals surface area contributed by atoms with Gasteiger partial charge in [0, 0.05) is 25.3 Å². The number of hydrogen-bond donors (Lipinski definition) is 1. The number of carbonyl (C=O) groups is 1. The molecule has 2 aromatic carbocycles. The topological polar surface area (TPSA) is 70.3 Å². The maximum absolute atomic E-state index is 14.1. The molecule has 2 amide bonds. The van der Waals surface area contributed by atoms with E-state index in [1.54, 1.807) is 23.3 Å². The Morgan fingerprint density at radius 1 is 1.11 bits per heavy atom. The number of rotatable bonds is 7. The van der Waals surface area contributed by atoms with Gasteiger partial charge in [0.15, 0.2) is 0 Å². The molecule has 0 radical (unpaired) electrons. The first-order valence-electron chi connectivity index (χ1n) is 12.3. The van der Waals surface area contributed by atoms with Crippen molar-refractivity contribution in [1.29, 1.82) is 0 Å². The second-order valence-electron chi connectivity index (χ2n) is 9.61. The van der Waals surface area contributed by atoms with Crippen molar-refractivity contribution >= 4 is 17.6 Å². The van der Waals surface area contributed by atoms with E-state index in [-0.39, 0.29) is 18.0 Å². The molecule has 188 valence electrons. The number of nitrogens with zero attached hydrogens (tertiary/aromatic N) is 3. The van der Waals surface area contributed by atoms with E-state index in [0.717, 1.165) is 31.1 Å². The molecule has 7 nitrogen and oxygen atoms in total. The van der Waals surface area contributed by atoms with Crippen LogP contribution in [0.15, 0.2) is 76.3 Å². The molecule has 3 heterocycles. The third kappa shape index (κ3) is 4.99. The number of nitrogens with one attached hydrogen (secondary N) is 1. The van der Waals surface area contributed by atoms with Gasteiger partial charge in [-0.2, -0.15) is 0 Å². The highest BCUT2D eigenvalue weighted by molar-refractivity contribution is 6.19. The zero-order valence-electron chi connectivity index (χ0n) is 20.6. The molecule has 1 aromatic heterocycles. The van der Waals surface area contributed by atoms with Gasteiger partial charge in [-0.25, -0.2) is 9.18 Å². The lowest BCUT2D eigenvalue weighted by molar-refractivity contribution is 0.183. The molecule has 2 saturated heterocycles. The molecule has 0 atom stereocenters. The largest absolute Gasteiger partial charge is 0.491 e. The number of furan rings is 1. The fourth-order valence-corrected chi connectivity index (χ4v) is 5.09. The van der Waals surface area contributed by atoms with E-state index < -0.39 is 5.54 Å². The molecule has 0 saturated carbocycles. The second-order valence-corrected chi connectivity index (χ2v) is 9.61. The smallest absolute Gasteiger partial charge is 0.328 e. The molecule has 3 aromatic rings. The second kappa shape index (κ2) is 10.1. The summed E-state index contributed by atoms with van der Waals surface area (Å²) in [6.07, 6.45) is 3.07. The molecular weight excluding hydrogens is 459 g/mol. The number of anilines is 1. The lowest BCUT2D eigenvalue weighted by atomic mass is 9.85. The molecule has 2 fully saturated rings. The van der Waals surface area contributed by atoms with Crippen LogP contribution in [0.25, 0.3) is 0 Å². The van der Waals surface area contributed by atoms with Gasteiger partial charge in [-0.05, 0) is 74.7 Å². The van der Waals surface area contributed by atoms with Crippen LogP contribution in [0.4, 0.5) is 14.9 Å².